The summed E-state index contributed by atoms with van der Waals surface area (Å²) < 4.78 is 5.30. The molecule has 2 heteroatoms. The Labute approximate surface area is 132 Å². The van der Waals surface area contributed by atoms with Crippen molar-refractivity contribution < 1.29 is 4.74 Å². The largest absolute Gasteiger partial charge is 0.497 e. The first-order chi connectivity index (χ1) is 10.8. The smallest absolute Gasteiger partial charge is 0.118 e. The normalized spacial score (nSPS) is 27.3. The predicted molar refractivity (Wildman–Crippen MR) is 89.7 cm³/mol. The number of hydrogen-bond acceptors (Lipinski definition) is 2. The fraction of sp³-hybridized carbons (Fsp3) is 0.400. The molecule has 22 heavy (non-hydrogen) atoms. The van der Waals surface area contributed by atoms with Crippen LogP contribution in [-0.2, 0) is 0 Å². The molecule has 0 amide bonds. The Hall–Kier alpha value is -1.80. The molecule has 1 saturated heterocycles. The first-order valence-electron chi connectivity index (χ1n) is 8.21. The van der Waals surface area contributed by atoms with Crippen molar-refractivity contribution in [2.45, 2.75) is 30.7 Å². The molecule has 2 aromatic carbocycles. The van der Waals surface area contributed by atoms with E-state index < -0.39 is 0 Å². The van der Waals surface area contributed by atoms with E-state index in [2.05, 4.69) is 60.5 Å². The average Bonchev–Trinajstić information content (AvgIpc) is 2.96. The minimum absolute atomic E-state index is 0.504. The third-order valence-electron chi connectivity index (χ3n) is 5.59. The Balaban J connectivity index is 1.77. The molecule has 3 atom stereocenters. The summed E-state index contributed by atoms with van der Waals surface area (Å²) in [7, 11) is 4.01. The lowest BCUT2D eigenvalue weighted by atomic mass is 9.71. The van der Waals surface area contributed by atoms with Crippen molar-refractivity contribution in [3.63, 3.8) is 0 Å². The van der Waals surface area contributed by atoms with Crippen LogP contribution in [0.4, 0.5) is 0 Å². The number of likely N-dealkylation sites (tertiary alicyclic amines) is 1. The fourth-order valence-electron chi connectivity index (χ4n) is 4.40. The van der Waals surface area contributed by atoms with Crippen molar-refractivity contribution in [3.05, 3.63) is 65.2 Å². The molecule has 0 radical (unpaired) electrons. The Morgan fingerprint density at radius 1 is 1.00 bits per heavy atom. The Kier molecular flexibility index (Phi) is 3.42. The molecule has 1 aliphatic heterocycles. The highest BCUT2D eigenvalue weighted by Crippen LogP contribution is 2.47. The van der Waals surface area contributed by atoms with Crippen LogP contribution in [0, 0.1) is 0 Å². The number of nitrogens with zero attached hydrogens (tertiary/aromatic N) is 1. The van der Waals surface area contributed by atoms with Crippen molar-refractivity contribution in [2.24, 2.45) is 0 Å². The second-order valence-electron chi connectivity index (χ2n) is 6.63. The third kappa shape index (κ3) is 2.14. The zero-order valence-corrected chi connectivity index (χ0v) is 13.3. The fourth-order valence-corrected chi connectivity index (χ4v) is 4.40. The van der Waals surface area contributed by atoms with E-state index in [9.17, 15) is 0 Å². The molecular formula is C20H23NO. The van der Waals surface area contributed by atoms with Crippen molar-refractivity contribution >= 4 is 0 Å². The Morgan fingerprint density at radius 2 is 1.73 bits per heavy atom. The molecule has 1 heterocycles. The van der Waals surface area contributed by atoms with Crippen LogP contribution in [0.25, 0.3) is 0 Å². The van der Waals surface area contributed by atoms with Crippen molar-refractivity contribution in [1.82, 2.24) is 4.90 Å². The van der Waals surface area contributed by atoms with Gasteiger partial charge in [-0.05, 0) is 55.3 Å². The number of fused-ring (bicyclic) bond motifs is 3. The van der Waals surface area contributed by atoms with Gasteiger partial charge in [0.05, 0.1) is 7.11 Å². The monoisotopic (exact) mass is 293 g/mol. The molecule has 4 rings (SSSR count). The molecule has 2 aliphatic rings. The lowest BCUT2D eigenvalue weighted by molar-refractivity contribution is 0.265. The first-order valence-corrected chi connectivity index (χ1v) is 8.21. The number of benzene rings is 2. The van der Waals surface area contributed by atoms with Gasteiger partial charge in [0.2, 0.25) is 0 Å². The molecule has 0 aromatic heterocycles. The molecular weight excluding hydrogens is 270 g/mol. The summed E-state index contributed by atoms with van der Waals surface area (Å²) in [5, 5.41) is 0. The van der Waals surface area contributed by atoms with E-state index >= 15 is 0 Å². The second-order valence-corrected chi connectivity index (χ2v) is 6.63. The number of ether oxygens (including phenoxy) is 1. The van der Waals surface area contributed by atoms with Crippen LogP contribution >= 0.6 is 0 Å². The van der Waals surface area contributed by atoms with Crippen LogP contribution in [0.1, 0.15) is 41.4 Å². The van der Waals surface area contributed by atoms with Crippen LogP contribution in [0.5, 0.6) is 5.75 Å². The van der Waals surface area contributed by atoms with Gasteiger partial charge in [-0.3, -0.25) is 0 Å². The maximum absolute atomic E-state index is 5.30. The lowest BCUT2D eigenvalue weighted by Gasteiger charge is -2.37. The maximum atomic E-state index is 5.30. The topological polar surface area (TPSA) is 12.5 Å². The molecule has 114 valence electrons. The van der Waals surface area contributed by atoms with Gasteiger partial charge >= 0.3 is 0 Å². The number of methoxy groups -OCH3 is 1. The summed E-state index contributed by atoms with van der Waals surface area (Å²) in [6, 6.07) is 18.4. The van der Waals surface area contributed by atoms with Crippen LogP contribution < -0.4 is 4.74 Å². The SMILES string of the molecule is COc1ccc(C2C[C@H]3C(CCN3C)c3ccccc32)cc1. The zero-order valence-electron chi connectivity index (χ0n) is 13.3. The van der Waals surface area contributed by atoms with Gasteiger partial charge < -0.3 is 9.64 Å². The quantitative estimate of drug-likeness (QED) is 0.829. The van der Waals surface area contributed by atoms with Crippen LogP contribution in [-0.4, -0.2) is 31.6 Å². The molecule has 2 nitrogen and oxygen atoms in total. The van der Waals surface area contributed by atoms with Gasteiger partial charge in [0.1, 0.15) is 5.75 Å². The van der Waals surface area contributed by atoms with Crippen LogP contribution in [0.3, 0.4) is 0 Å². The molecule has 2 unspecified atom stereocenters. The molecule has 0 spiro atoms. The molecule has 2 aromatic rings. The van der Waals surface area contributed by atoms with Crippen molar-refractivity contribution in [3.8, 4) is 5.75 Å². The summed E-state index contributed by atoms with van der Waals surface area (Å²) in [6.45, 7) is 1.22. The lowest BCUT2D eigenvalue weighted by Crippen LogP contribution is -2.34. The Morgan fingerprint density at radius 3 is 2.45 bits per heavy atom. The first kappa shape index (κ1) is 13.8. The van der Waals surface area contributed by atoms with Crippen LogP contribution in [0.15, 0.2) is 48.5 Å². The van der Waals surface area contributed by atoms with E-state index in [1.807, 2.05) is 0 Å². The highest BCUT2D eigenvalue weighted by atomic mass is 16.5. The van der Waals surface area contributed by atoms with Gasteiger partial charge in [-0.25, -0.2) is 0 Å². The van der Waals surface area contributed by atoms with Gasteiger partial charge in [-0.1, -0.05) is 36.4 Å². The van der Waals surface area contributed by atoms with Gasteiger partial charge in [0.25, 0.3) is 0 Å². The van der Waals surface area contributed by atoms with Gasteiger partial charge in [-0.2, -0.15) is 0 Å². The molecule has 0 bridgehead atoms. The molecule has 0 saturated carbocycles. The summed E-state index contributed by atoms with van der Waals surface area (Å²) >= 11 is 0. The maximum Gasteiger partial charge on any atom is 0.118 e. The standard InChI is InChI=1S/C20H23NO/c1-21-12-11-18-16-5-3-4-6-17(16)19(13-20(18)21)14-7-9-15(22-2)10-8-14/h3-10,18-20H,11-13H2,1-2H3/t18?,19?,20-/m0/s1. The third-order valence-corrected chi connectivity index (χ3v) is 5.59. The summed E-state index contributed by atoms with van der Waals surface area (Å²) in [6.07, 6.45) is 2.53. The minimum Gasteiger partial charge on any atom is -0.497 e. The zero-order chi connectivity index (χ0) is 15.1. The van der Waals surface area contributed by atoms with E-state index in [1.165, 1.54) is 30.5 Å². The summed E-state index contributed by atoms with van der Waals surface area (Å²) in [4.78, 5) is 2.55. The van der Waals surface area contributed by atoms with E-state index in [0.29, 0.717) is 12.0 Å². The Bertz CT molecular complexity index is 664. The van der Waals surface area contributed by atoms with Gasteiger partial charge in [0, 0.05) is 17.9 Å². The number of likely N-dealkylation sites (N-methyl/N-ethyl adjacent to an activating group) is 1. The van der Waals surface area contributed by atoms with E-state index in [-0.39, 0.29) is 0 Å². The molecule has 0 N–H and O–H groups in total. The van der Waals surface area contributed by atoms with Crippen molar-refractivity contribution in [2.75, 3.05) is 20.7 Å². The van der Waals surface area contributed by atoms with E-state index in [4.69, 9.17) is 4.74 Å². The van der Waals surface area contributed by atoms with Crippen molar-refractivity contribution in [1.29, 1.82) is 0 Å². The molecule has 1 fully saturated rings. The summed E-state index contributed by atoms with van der Waals surface area (Å²) in [5.74, 6) is 2.16. The second kappa shape index (κ2) is 5.44. The minimum atomic E-state index is 0.504. The van der Waals surface area contributed by atoms with Crippen LogP contribution in [0.2, 0.25) is 0 Å². The average molecular weight is 293 g/mol. The number of hydrogen-bond donors (Lipinski definition) is 0. The van der Waals surface area contributed by atoms with E-state index in [0.717, 1.165) is 11.7 Å². The summed E-state index contributed by atoms with van der Waals surface area (Å²) in [5.41, 5.74) is 4.51. The van der Waals surface area contributed by atoms with E-state index in [1.54, 1.807) is 12.7 Å². The molecule has 1 aliphatic carbocycles. The van der Waals surface area contributed by atoms with Gasteiger partial charge in [0.15, 0.2) is 0 Å². The highest BCUT2D eigenvalue weighted by Gasteiger charge is 2.40. The highest BCUT2D eigenvalue weighted by molar-refractivity contribution is 5.45. The predicted octanol–water partition coefficient (Wildman–Crippen LogP) is 4.02. The number of rotatable bonds is 2. The van der Waals surface area contributed by atoms with Gasteiger partial charge in [-0.15, -0.1) is 0 Å².